The molecule has 111 heavy (non-hydrogen) atoms. The summed E-state index contributed by atoms with van der Waals surface area (Å²) in [6.45, 7) is 15.6. The lowest BCUT2D eigenvalue weighted by molar-refractivity contribution is -0.161. The van der Waals surface area contributed by atoms with E-state index in [2.05, 4.69) is 22.5 Å². The second-order valence-electron chi connectivity index (χ2n) is 31.8. The number of hydrogen-bond donors (Lipinski definition) is 3. The highest BCUT2D eigenvalue weighted by Crippen LogP contribution is 2.50. The highest BCUT2D eigenvalue weighted by Gasteiger charge is 2.59. The first-order chi connectivity index (χ1) is 52.4. The van der Waals surface area contributed by atoms with Gasteiger partial charge >= 0.3 is 6.18 Å². The Morgan fingerprint density at radius 3 is 1.97 bits per heavy atom. The maximum absolute atomic E-state index is 15.9. The van der Waals surface area contributed by atoms with Gasteiger partial charge in [-0.15, -0.1) is 6.58 Å². The largest absolute Gasteiger partial charge is 0.496 e. The number of hydrogen-bond acceptors (Lipinski definition) is 14. The molecular weight excluding hydrogens is 1430 g/mol. The van der Waals surface area contributed by atoms with Crippen LogP contribution in [0.1, 0.15) is 173 Å². The van der Waals surface area contributed by atoms with Crippen molar-refractivity contribution in [1.82, 2.24) is 60.0 Å². The van der Waals surface area contributed by atoms with Gasteiger partial charge in [0.15, 0.2) is 0 Å². The molecule has 2 saturated carbocycles. The van der Waals surface area contributed by atoms with Crippen molar-refractivity contribution in [3.8, 4) is 5.75 Å². The zero-order valence-electron chi connectivity index (χ0n) is 67.9. The Morgan fingerprint density at radius 1 is 0.721 bits per heavy atom. The van der Waals surface area contributed by atoms with Crippen LogP contribution in [0.3, 0.4) is 0 Å². The Bertz CT molecular complexity index is 3690. The van der Waals surface area contributed by atoms with Crippen LogP contribution in [0.25, 0.3) is 0 Å². The fourth-order valence-electron chi connectivity index (χ4n) is 16.5. The fraction of sp³-hybridized carbons (Fsp3) is 0.659. The molecule has 3 heterocycles. The van der Waals surface area contributed by atoms with Crippen LogP contribution in [0.4, 0.5) is 13.2 Å². The Hall–Kier alpha value is -8.89. The smallest absolute Gasteiger partial charge is 0.419 e. The molecule has 0 radical (unpaired) electrons. The zero-order valence-corrected chi connectivity index (χ0v) is 67.9. The van der Waals surface area contributed by atoms with E-state index in [0.717, 1.165) is 28.5 Å². The van der Waals surface area contributed by atoms with Crippen LogP contribution in [-0.4, -0.2) is 271 Å². The summed E-state index contributed by atoms with van der Waals surface area (Å²) in [5.74, 6) is -9.82. The first kappa shape index (κ1) is 89.3. The summed E-state index contributed by atoms with van der Waals surface area (Å²) in [5.41, 5.74) is -1.34. The standard InChI is InChI=1S/C82H121F3N12O14/c1-17-22-23-25-32-60-71(101)87-69(52(6)18-2)77(107)91(11)49-68(100)93(13)61-33-26-24-29-42-96(76(61)106)64(43-54-36-34-53(19-3)35-37-54)75(105)90(10)48-66(98)86-59(41-39-55-38-40-58(82(83,84)85)65(44-55)110-16)73(103)97-47-57(111-21-5)45-62(97)72(102)88-81(50-80(7,8)51-81)79(109)95(15)70(56-30-27-28-31-56)78(108)94(14)63(46-67(99)92(60)12)74(104)89(9)20-4/h17,24,26,34-38,40,44,52,56-57,59-64,69-70H,1,18-23,25,27-33,39,41-43,45-51H2,2-16H3,(H,86,98)(H,87,101)(H,88,102)/b26-24-/t52-,57+,59-,60-,61-,62-,63-,64-,69-,70-/m0/s1. The number of rotatable bonds is 19. The number of amides is 12. The summed E-state index contributed by atoms with van der Waals surface area (Å²) in [7, 11) is 11.1. The molecule has 7 rings (SSSR count). The van der Waals surface area contributed by atoms with E-state index in [1.54, 1.807) is 32.9 Å². The number of unbranched alkanes of at least 4 members (excludes halogenated alkanes) is 2. The number of methoxy groups -OCH3 is 1. The average Bonchev–Trinajstić information content (AvgIpc) is 1.51. The Labute approximate surface area is 653 Å². The average molecular weight is 1560 g/mol. The van der Waals surface area contributed by atoms with E-state index < -0.39 is 185 Å². The normalized spacial score (nSPS) is 25.9. The van der Waals surface area contributed by atoms with Gasteiger partial charge in [-0.2, -0.15) is 13.2 Å². The van der Waals surface area contributed by atoms with Crippen molar-refractivity contribution in [2.45, 2.75) is 237 Å². The van der Waals surface area contributed by atoms with Crippen molar-refractivity contribution >= 4 is 70.9 Å². The highest BCUT2D eigenvalue weighted by atomic mass is 19.4. The first-order valence-corrected chi connectivity index (χ1v) is 39.4. The molecule has 614 valence electrons. The summed E-state index contributed by atoms with van der Waals surface area (Å²) in [4.78, 5) is 195. The lowest BCUT2D eigenvalue weighted by Gasteiger charge is -2.54. The minimum Gasteiger partial charge on any atom is -0.496 e. The minimum absolute atomic E-state index is 0.00259. The summed E-state index contributed by atoms with van der Waals surface area (Å²) in [6.07, 6.45) is 4.27. The summed E-state index contributed by atoms with van der Waals surface area (Å²) in [6, 6.07) is 0.0878. The molecule has 2 aromatic carbocycles. The molecule has 2 aliphatic carbocycles. The second-order valence-corrected chi connectivity index (χ2v) is 31.8. The Kier molecular flexibility index (Phi) is 31.8. The molecule has 0 unspecified atom stereocenters. The Balaban J connectivity index is 1.37. The number of aryl methyl sites for hydroxylation is 2. The predicted molar refractivity (Wildman–Crippen MR) is 413 cm³/mol. The number of nitrogens with zero attached hydrogens (tertiary/aromatic N) is 9. The third-order valence-electron chi connectivity index (χ3n) is 23.3. The van der Waals surface area contributed by atoms with Crippen LogP contribution in [0.15, 0.2) is 67.3 Å². The van der Waals surface area contributed by atoms with Gasteiger partial charge in [0.1, 0.15) is 59.6 Å². The summed E-state index contributed by atoms with van der Waals surface area (Å²) in [5, 5.41) is 8.82. The fourth-order valence-corrected chi connectivity index (χ4v) is 16.5. The van der Waals surface area contributed by atoms with Gasteiger partial charge in [-0.05, 0) is 137 Å². The molecular formula is C82H121F3N12O14. The van der Waals surface area contributed by atoms with Crippen molar-refractivity contribution in [2.24, 2.45) is 17.3 Å². The number of allylic oxidation sites excluding steroid dienone is 1. The number of alkyl halides is 3. The van der Waals surface area contributed by atoms with Gasteiger partial charge in [-0.25, -0.2) is 0 Å². The molecule has 2 aromatic rings. The van der Waals surface area contributed by atoms with E-state index in [9.17, 15) is 32.3 Å². The van der Waals surface area contributed by atoms with E-state index in [1.807, 2.05) is 58.0 Å². The van der Waals surface area contributed by atoms with Crippen LogP contribution in [-0.2, 0) is 87.7 Å². The lowest BCUT2D eigenvalue weighted by atomic mass is 9.58. The molecule has 1 spiro atoms. The van der Waals surface area contributed by atoms with E-state index >= 15 is 38.4 Å². The van der Waals surface area contributed by atoms with E-state index in [-0.39, 0.29) is 89.6 Å². The van der Waals surface area contributed by atoms with Crippen LogP contribution in [0.5, 0.6) is 5.75 Å². The van der Waals surface area contributed by atoms with Gasteiger partial charge in [-0.1, -0.05) is 109 Å². The van der Waals surface area contributed by atoms with E-state index in [0.29, 0.717) is 63.4 Å². The van der Waals surface area contributed by atoms with Crippen molar-refractivity contribution < 1.29 is 80.2 Å². The van der Waals surface area contributed by atoms with Crippen molar-refractivity contribution in [3.63, 3.8) is 0 Å². The van der Waals surface area contributed by atoms with Crippen molar-refractivity contribution in [1.29, 1.82) is 0 Å². The number of carbonyl (C=O) groups excluding carboxylic acids is 12. The highest BCUT2D eigenvalue weighted by molar-refractivity contribution is 6.01. The molecule has 26 nitrogen and oxygen atoms in total. The second kappa shape index (κ2) is 39.5. The van der Waals surface area contributed by atoms with E-state index in [1.165, 1.54) is 95.8 Å². The number of nitrogens with one attached hydrogen (secondary N) is 3. The Morgan fingerprint density at radius 2 is 1.37 bits per heavy atom. The third kappa shape index (κ3) is 22.1. The molecule has 2 saturated heterocycles. The van der Waals surface area contributed by atoms with Gasteiger partial charge < -0.3 is 69.5 Å². The van der Waals surface area contributed by atoms with Gasteiger partial charge in [0, 0.05) is 88.4 Å². The lowest BCUT2D eigenvalue weighted by Crippen LogP contribution is -2.71. The number of benzene rings is 2. The third-order valence-corrected chi connectivity index (χ3v) is 23.3. The molecule has 0 aromatic heterocycles. The van der Waals surface area contributed by atoms with Gasteiger partial charge in [0.25, 0.3) is 0 Å². The van der Waals surface area contributed by atoms with Crippen LogP contribution >= 0.6 is 0 Å². The molecule has 3 N–H and O–H groups in total. The number of ether oxygens (including phenoxy) is 2. The number of fused-ring (bicyclic) bond motifs is 3. The predicted octanol–water partition coefficient (Wildman–Crippen LogP) is 6.74. The quantitative estimate of drug-likeness (QED) is 0.0970. The maximum Gasteiger partial charge on any atom is 0.419 e. The minimum atomic E-state index is -4.79. The van der Waals surface area contributed by atoms with Crippen LogP contribution in [0, 0.1) is 17.3 Å². The topological polar surface area (TPSA) is 289 Å². The van der Waals surface area contributed by atoms with Gasteiger partial charge in [0.2, 0.25) is 70.9 Å². The molecule has 12 amide bonds. The molecule has 2 bridgehead atoms. The molecule has 29 heteroatoms. The van der Waals surface area contributed by atoms with Crippen molar-refractivity contribution in [3.05, 3.63) is 89.5 Å². The molecule has 5 aliphatic rings. The maximum atomic E-state index is 15.9. The number of carbonyl (C=O) groups is 12. The monoisotopic (exact) mass is 1550 g/mol. The zero-order chi connectivity index (χ0) is 82.1. The van der Waals surface area contributed by atoms with Crippen LogP contribution < -0.4 is 20.7 Å². The molecule has 4 fully saturated rings. The van der Waals surface area contributed by atoms with E-state index in [4.69, 9.17) is 9.47 Å². The first-order valence-electron chi connectivity index (χ1n) is 39.4. The van der Waals surface area contributed by atoms with Crippen LogP contribution in [0.2, 0.25) is 0 Å². The van der Waals surface area contributed by atoms with Crippen molar-refractivity contribution in [2.75, 3.05) is 95.8 Å². The number of halogens is 3. The summed E-state index contributed by atoms with van der Waals surface area (Å²) >= 11 is 0. The molecule has 3 aliphatic heterocycles. The SMILES string of the molecule is C=CCCCC[C@H]1C(=O)N[C@@H]([C@@H](C)CC)C(=O)N(C)CC(=O)N(C)[C@H]2C/C=C\CCN(C2=O)[C@@H](Cc2ccc(CC)cc2)C(=O)N(C)CC(=O)N[C@@H](CCc2ccc(C(F)(F)F)c(OC)c2)C(=O)N2C[C@H](OCC)C[C@H]2C(=O)NC2(CC(C)(C)C2)C(=O)N(C)[C@@H](C2CCCC2)C(=O)N(C)[C@H](C(=O)N(C)CC)CC(=O)N1C. The summed E-state index contributed by atoms with van der Waals surface area (Å²) < 4.78 is 54.0. The van der Waals surface area contributed by atoms with Gasteiger partial charge in [-0.3, -0.25) is 57.5 Å². The van der Waals surface area contributed by atoms with Gasteiger partial charge in [0.05, 0.1) is 38.3 Å². The number of likely N-dealkylation sites (N-methyl/N-ethyl adjacent to an activating group) is 7. The molecule has 10 atom stereocenters.